The number of rotatable bonds is 13. The maximum absolute atomic E-state index is 14.2. The van der Waals surface area contributed by atoms with E-state index in [1.54, 1.807) is 0 Å². The van der Waals surface area contributed by atoms with Gasteiger partial charge in [0.05, 0.1) is 7.11 Å². The number of aromatic nitrogens is 3. The normalized spacial score (nSPS) is 22.5. The first-order valence-corrected chi connectivity index (χ1v) is 19.6. The molecule has 0 saturated carbocycles. The van der Waals surface area contributed by atoms with Gasteiger partial charge in [0, 0.05) is 17.5 Å². The molecule has 2 aliphatic heterocycles. The number of carbonyl (C=O) groups excluding carboxylic acids is 4. The Kier molecular flexibility index (Phi) is 13.6. The number of Topliss-reactive ketones (excluding diaryl/α,β-unsaturated/α-hetero) is 1. The Morgan fingerprint density at radius 2 is 1.66 bits per heavy atom. The van der Waals surface area contributed by atoms with Gasteiger partial charge in [-0.05, 0) is 77.2 Å². The molecule has 0 aromatic carbocycles. The van der Waals surface area contributed by atoms with Gasteiger partial charge in [0.25, 0.3) is 0 Å². The molecule has 3 aromatic heterocycles. The van der Waals surface area contributed by atoms with Crippen molar-refractivity contribution < 1.29 is 28.7 Å². The van der Waals surface area contributed by atoms with E-state index in [0.717, 1.165) is 30.3 Å². The van der Waals surface area contributed by atoms with Gasteiger partial charge >= 0.3 is 35.0 Å². The van der Waals surface area contributed by atoms with Crippen molar-refractivity contribution in [1.82, 2.24) is 15.0 Å². The summed E-state index contributed by atoms with van der Waals surface area (Å²) in [6, 6.07) is 0. The second-order valence-corrected chi connectivity index (χ2v) is 15.4. The molecule has 56 heavy (non-hydrogen) atoms. The molecule has 5 heterocycles. The summed E-state index contributed by atoms with van der Waals surface area (Å²) in [6.07, 6.45) is 14.0. The van der Waals surface area contributed by atoms with Crippen molar-refractivity contribution in [2.24, 2.45) is 23.7 Å². The largest absolute Gasteiger partial charge is 2.00 e. The van der Waals surface area contributed by atoms with Crippen LogP contribution in [0.15, 0.2) is 23.0 Å². The standard InChI is InChI=1S/C45H54N4O6.Mg/c1-10-23(3)13-12-14-24(4)17-18-55-38(51)16-15-30-26(6)34-19-32-27(7)31(22-50)37(47-32)20-33-25(5)29(11-2)36(46-33)21-35-28(8)39-43(49-35)40(42(30)48-34)41(44(39)52)45(53)54-9;/h17,19-23,26,30,41H,10-16,18H2,1-9H3,(H2-2,46,47,48,49,50,52);/q-2;+2/p-2/b24-17+,34-19-;/t23-,26+,30+,41-;/m1./s1. The molecule has 1 saturated heterocycles. The molecule has 292 valence electrons. The Morgan fingerprint density at radius 3 is 2.34 bits per heavy atom. The molecule has 10 nitrogen and oxygen atoms in total. The minimum absolute atomic E-state index is 0. The fourth-order valence-corrected chi connectivity index (χ4v) is 8.20. The van der Waals surface area contributed by atoms with Crippen molar-refractivity contribution >= 4 is 70.9 Å². The van der Waals surface area contributed by atoms with Crippen LogP contribution in [0, 0.1) is 44.4 Å². The number of fused-ring (bicyclic) bond motifs is 7. The number of esters is 2. The topological polar surface area (TPSA) is 143 Å². The average Bonchev–Trinajstić information content (AvgIpc) is 3.90. The Balaban J connectivity index is 0.00000600. The minimum Gasteiger partial charge on any atom is -0.664 e. The van der Waals surface area contributed by atoms with Crippen LogP contribution in [0.3, 0.4) is 0 Å². The van der Waals surface area contributed by atoms with E-state index in [1.165, 1.54) is 25.5 Å². The Hall–Kier alpha value is -4.35. The van der Waals surface area contributed by atoms with E-state index in [-0.39, 0.29) is 59.7 Å². The summed E-state index contributed by atoms with van der Waals surface area (Å²) in [5.41, 5.74) is 9.08. The van der Waals surface area contributed by atoms with Gasteiger partial charge in [0.1, 0.15) is 18.8 Å². The monoisotopic (exact) mass is 768 g/mol. The molecule has 0 spiro atoms. The van der Waals surface area contributed by atoms with E-state index in [2.05, 4.69) is 27.7 Å². The first-order chi connectivity index (χ1) is 26.3. The molecule has 6 rings (SSSR count). The first-order valence-electron chi connectivity index (χ1n) is 19.6. The van der Waals surface area contributed by atoms with E-state index >= 15 is 0 Å². The van der Waals surface area contributed by atoms with Gasteiger partial charge in [-0.3, -0.25) is 19.2 Å². The van der Waals surface area contributed by atoms with Gasteiger partial charge < -0.3 is 29.7 Å². The second-order valence-electron chi connectivity index (χ2n) is 15.4. The summed E-state index contributed by atoms with van der Waals surface area (Å²) in [5.74, 6) is -2.56. The molecule has 1 aliphatic carbocycles. The minimum atomic E-state index is -1.25. The maximum atomic E-state index is 14.2. The van der Waals surface area contributed by atoms with Crippen LogP contribution in [-0.4, -0.2) is 60.8 Å². The van der Waals surface area contributed by atoms with Gasteiger partial charge in [0.15, 0.2) is 5.78 Å². The van der Waals surface area contributed by atoms with Crippen LogP contribution in [0.4, 0.5) is 0 Å². The van der Waals surface area contributed by atoms with E-state index in [4.69, 9.17) is 29.7 Å². The molecule has 4 atom stereocenters. The van der Waals surface area contributed by atoms with Crippen molar-refractivity contribution in [3.63, 3.8) is 0 Å². The number of hydrogen-bond donors (Lipinski definition) is 0. The Morgan fingerprint density at radius 1 is 0.946 bits per heavy atom. The molecule has 0 radical (unpaired) electrons. The van der Waals surface area contributed by atoms with Crippen LogP contribution < -0.4 is 25.7 Å². The zero-order valence-corrected chi connectivity index (χ0v) is 35.7. The van der Waals surface area contributed by atoms with Gasteiger partial charge in [-0.25, -0.2) is 0 Å². The van der Waals surface area contributed by atoms with Crippen molar-refractivity contribution in [2.45, 2.75) is 100 Å². The number of nitrogens with zero attached hydrogens (tertiary/aromatic N) is 4. The van der Waals surface area contributed by atoms with Crippen LogP contribution in [-0.2, 0) is 25.5 Å². The number of hydrogen-bond acceptors (Lipinski definition) is 6. The zero-order valence-electron chi connectivity index (χ0n) is 34.3. The fraction of sp³-hybridized carbons (Fsp3) is 0.467. The number of ether oxygens (including phenoxy) is 2. The van der Waals surface area contributed by atoms with Crippen molar-refractivity contribution in [3.8, 4) is 0 Å². The molecule has 0 unspecified atom stereocenters. The third-order valence-electron chi connectivity index (χ3n) is 12.0. The second kappa shape index (κ2) is 17.8. The van der Waals surface area contributed by atoms with Crippen LogP contribution >= 0.6 is 0 Å². The van der Waals surface area contributed by atoms with E-state index in [1.807, 2.05) is 52.0 Å². The SMILES string of the molecule is CCc1c(C)/c2[n-]/c1=C\c1[n-]c3c(c1C)C(=O)[C@H](C(=O)OC)/C3=C1/[N-]/C(=C\c3[n-]c(c(C=O)c3C)\C=2)[C@@H](C)[C@@H]1CCC(=O)OC/C=C(\C)CCC[C@H](C)CC.[Mg+2]. The molecular formula is C45H52MgN4O6-2. The average molecular weight is 769 g/mol. The summed E-state index contributed by atoms with van der Waals surface area (Å²) in [7, 11) is 1.27. The van der Waals surface area contributed by atoms with Crippen LogP contribution in [0.5, 0.6) is 0 Å². The molecule has 0 amide bonds. The van der Waals surface area contributed by atoms with Gasteiger partial charge in [-0.2, -0.15) is 11.4 Å². The van der Waals surface area contributed by atoms with Gasteiger partial charge in [0.2, 0.25) is 0 Å². The summed E-state index contributed by atoms with van der Waals surface area (Å²) in [5, 5.41) is 6.56. The third kappa shape index (κ3) is 8.07. The molecule has 0 N–H and O–H groups in total. The van der Waals surface area contributed by atoms with E-state index in [0.29, 0.717) is 91.5 Å². The maximum Gasteiger partial charge on any atom is 2.00 e. The number of methoxy groups -OCH3 is 1. The van der Waals surface area contributed by atoms with Crippen molar-refractivity contribution in [1.29, 1.82) is 0 Å². The van der Waals surface area contributed by atoms with E-state index < -0.39 is 11.9 Å². The third-order valence-corrected chi connectivity index (χ3v) is 12.0. The first kappa shape index (κ1) is 42.8. The molecule has 1 fully saturated rings. The number of aldehydes is 1. The molecule has 11 heteroatoms. The molecule has 3 aliphatic rings. The number of ketones is 1. The predicted octanol–water partition coefficient (Wildman–Crippen LogP) is 6.31. The predicted molar refractivity (Wildman–Crippen MR) is 218 cm³/mol. The van der Waals surface area contributed by atoms with Gasteiger partial charge in [-0.1, -0.05) is 92.2 Å². The Bertz CT molecular complexity index is 2260. The molecule has 8 bridgehead atoms. The molecular weight excluding hydrogens is 717 g/mol. The summed E-state index contributed by atoms with van der Waals surface area (Å²) in [4.78, 5) is 68.3. The summed E-state index contributed by atoms with van der Waals surface area (Å²) in [6.45, 7) is 16.5. The molecule has 3 aromatic rings. The van der Waals surface area contributed by atoms with Crippen LogP contribution in [0.1, 0.15) is 139 Å². The van der Waals surface area contributed by atoms with E-state index in [9.17, 15) is 19.2 Å². The van der Waals surface area contributed by atoms with Crippen LogP contribution in [0.2, 0.25) is 0 Å². The Labute approximate surface area is 345 Å². The fourth-order valence-electron chi connectivity index (χ4n) is 8.20. The van der Waals surface area contributed by atoms with Crippen molar-refractivity contribution in [3.05, 3.63) is 95.2 Å². The van der Waals surface area contributed by atoms with Crippen molar-refractivity contribution in [2.75, 3.05) is 13.7 Å². The van der Waals surface area contributed by atoms with Gasteiger partial charge in [-0.15, -0.1) is 33.5 Å². The van der Waals surface area contributed by atoms with Crippen LogP contribution in [0.25, 0.3) is 29.1 Å². The number of carbonyl (C=O) groups is 4. The smallest absolute Gasteiger partial charge is 0.664 e. The zero-order chi connectivity index (χ0) is 39.7. The quantitative estimate of drug-likeness (QED) is 0.0643. The summed E-state index contributed by atoms with van der Waals surface area (Å²) < 4.78 is 10.9. The summed E-state index contributed by atoms with van der Waals surface area (Å²) >= 11 is 0. The number of allylic oxidation sites excluding steroid dienone is 3.